The van der Waals surface area contributed by atoms with Crippen LogP contribution in [0.25, 0.3) is 0 Å². The van der Waals surface area contributed by atoms with E-state index in [4.69, 9.17) is 9.73 Å². The average molecular weight is 341 g/mol. The van der Waals surface area contributed by atoms with Crippen LogP contribution >= 0.6 is 0 Å². The van der Waals surface area contributed by atoms with Gasteiger partial charge in [0.25, 0.3) is 0 Å². The number of nitrogens with one attached hydrogen (secondary N) is 1. The topological polar surface area (TPSA) is 46.0 Å². The molecule has 1 N–H and O–H groups in total. The van der Waals surface area contributed by atoms with Crippen LogP contribution in [0.1, 0.15) is 22.3 Å². The molecule has 3 aromatic carbocycles. The van der Waals surface area contributed by atoms with E-state index in [0.717, 1.165) is 33.8 Å². The minimum atomic E-state index is 0.710. The van der Waals surface area contributed by atoms with Crippen molar-refractivity contribution in [1.29, 1.82) is 0 Å². The van der Waals surface area contributed by atoms with E-state index in [0.29, 0.717) is 5.84 Å². The van der Waals surface area contributed by atoms with Crippen LogP contribution in [0.5, 0.6) is 5.75 Å². The largest absolute Gasteiger partial charge is 0.497 e. The molecular weight excluding hydrogens is 322 g/mol. The van der Waals surface area contributed by atoms with Crippen LogP contribution in [-0.2, 0) is 0 Å². The summed E-state index contributed by atoms with van der Waals surface area (Å²) >= 11 is 0. The molecule has 0 aromatic heterocycles. The van der Waals surface area contributed by atoms with Crippen molar-refractivity contribution in [2.45, 2.75) is 6.92 Å². The number of para-hydroxylation sites is 1. The van der Waals surface area contributed by atoms with Gasteiger partial charge in [0.05, 0.1) is 18.5 Å². The lowest BCUT2D eigenvalue weighted by Crippen LogP contribution is -2.19. The summed E-state index contributed by atoms with van der Waals surface area (Å²) in [6.07, 6.45) is 0. The van der Waals surface area contributed by atoms with Crippen molar-refractivity contribution in [1.82, 2.24) is 5.43 Å². The maximum absolute atomic E-state index is 5.23. The molecule has 0 unspecified atom stereocenters. The molecule has 0 saturated heterocycles. The molecule has 0 fully saturated rings. The monoisotopic (exact) mass is 341 g/mol. The standard InChI is InChI=1S/C22H19N3O/c1-15-7-9-16(10-8-15)21-19-5-3-4-6-20(19)23-22(25-24-21)17-11-13-18(26-2)14-12-17/h3-14H,1-2H3,(H,23,25). The Bertz CT molecular complexity index is 987. The number of aryl methyl sites for hydroxylation is 1. The van der Waals surface area contributed by atoms with Gasteiger partial charge in [0, 0.05) is 16.7 Å². The van der Waals surface area contributed by atoms with Crippen molar-refractivity contribution in [2.75, 3.05) is 7.11 Å². The van der Waals surface area contributed by atoms with Gasteiger partial charge in [-0.2, -0.15) is 5.10 Å². The van der Waals surface area contributed by atoms with Crippen molar-refractivity contribution < 1.29 is 4.74 Å². The summed E-state index contributed by atoms with van der Waals surface area (Å²) in [7, 11) is 1.66. The molecule has 1 aliphatic heterocycles. The molecule has 128 valence electrons. The van der Waals surface area contributed by atoms with Crippen molar-refractivity contribution in [2.24, 2.45) is 10.1 Å². The van der Waals surface area contributed by atoms with E-state index in [9.17, 15) is 0 Å². The summed E-state index contributed by atoms with van der Waals surface area (Å²) in [5.41, 5.74) is 9.16. The van der Waals surface area contributed by atoms with E-state index >= 15 is 0 Å². The highest BCUT2D eigenvalue weighted by atomic mass is 16.5. The number of amidine groups is 1. The van der Waals surface area contributed by atoms with Gasteiger partial charge in [0.1, 0.15) is 5.75 Å². The quantitative estimate of drug-likeness (QED) is 0.765. The molecule has 1 heterocycles. The molecule has 4 rings (SSSR count). The van der Waals surface area contributed by atoms with E-state index in [1.807, 2.05) is 42.5 Å². The molecule has 3 aromatic rings. The van der Waals surface area contributed by atoms with Gasteiger partial charge in [-0.15, -0.1) is 0 Å². The number of fused-ring (bicyclic) bond motifs is 1. The van der Waals surface area contributed by atoms with Gasteiger partial charge >= 0.3 is 0 Å². The number of hydrogen-bond acceptors (Lipinski definition) is 4. The molecule has 4 nitrogen and oxygen atoms in total. The molecule has 0 saturated carbocycles. The molecule has 0 aliphatic carbocycles. The van der Waals surface area contributed by atoms with Gasteiger partial charge in [0.2, 0.25) is 0 Å². The predicted molar refractivity (Wildman–Crippen MR) is 106 cm³/mol. The first-order valence-electron chi connectivity index (χ1n) is 8.48. The van der Waals surface area contributed by atoms with Crippen LogP contribution in [0.4, 0.5) is 5.69 Å². The Morgan fingerprint density at radius 2 is 1.50 bits per heavy atom. The first kappa shape index (κ1) is 16.1. The number of ether oxygens (including phenoxy) is 1. The Hall–Kier alpha value is -3.40. The molecule has 4 heteroatoms. The van der Waals surface area contributed by atoms with Crippen LogP contribution in [0.3, 0.4) is 0 Å². The molecule has 0 spiro atoms. The Morgan fingerprint density at radius 1 is 0.808 bits per heavy atom. The SMILES string of the molecule is COc1ccc(C2=Nc3ccccc3C(c3ccc(C)cc3)=NN2)cc1. The minimum absolute atomic E-state index is 0.710. The number of aliphatic imine (C=N–C) groups is 1. The first-order valence-corrected chi connectivity index (χ1v) is 8.48. The molecular formula is C22H19N3O. The predicted octanol–water partition coefficient (Wildman–Crippen LogP) is 4.44. The van der Waals surface area contributed by atoms with Gasteiger partial charge in [-0.05, 0) is 37.3 Å². The lowest BCUT2D eigenvalue weighted by atomic mass is 10.00. The van der Waals surface area contributed by atoms with Gasteiger partial charge in [0.15, 0.2) is 5.84 Å². The zero-order valence-corrected chi connectivity index (χ0v) is 14.7. The molecule has 0 amide bonds. The van der Waals surface area contributed by atoms with Crippen LogP contribution in [0.2, 0.25) is 0 Å². The number of nitrogens with zero attached hydrogens (tertiary/aromatic N) is 2. The van der Waals surface area contributed by atoms with Gasteiger partial charge in [-0.1, -0.05) is 48.0 Å². The Labute approximate surface area is 152 Å². The summed E-state index contributed by atoms with van der Waals surface area (Å²) in [6, 6.07) is 24.2. The third-order valence-electron chi connectivity index (χ3n) is 4.35. The van der Waals surface area contributed by atoms with E-state index in [2.05, 4.69) is 47.8 Å². The first-order chi connectivity index (χ1) is 12.7. The second-order valence-corrected chi connectivity index (χ2v) is 6.14. The van der Waals surface area contributed by atoms with E-state index in [-0.39, 0.29) is 0 Å². The zero-order chi connectivity index (χ0) is 17.9. The van der Waals surface area contributed by atoms with Crippen LogP contribution in [-0.4, -0.2) is 18.7 Å². The number of hydrazone groups is 1. The molecule has 26 heavy (non-hydrogen) atoms. The second-order valence-electron chi connectivity index (χ2n) is 6.14. The highest BCUT2D eigenvalue weighted by Gasteiger charge is 2.16. The summed E-state index contributed by atoms with van der Waals surface area (Å²) in [5.74, 6) is 1.52. The molecule has 0 atom stereocenters. The Kier molecular flexibility index (Phi) is 4.23. The van der Waals surface area contributed by atoms with E-state index in [1.165, 1.54) is 5.56 Å². The zero-order valence-electron chi connectivity index (χ0n) is 14.7. The van der Waals surface area contributed by atoms with Crippen LogP contribution in [0, 0.1) is 6.92 Å². The smallest absolute Gasteiger partial charge is 0.154 e. The number of benzene rings is 3. The molecule has 0 radical (unpaired) electrons. The average Bonchev–Trinajstić information content (AvgIpc) is 2.88. The van der Waals surface area contributed by atoms with Crippen LogP contribution in [0.15, 0.2) is 82.9 Å². The fourth-order valence-electron chi connectivity index (χ4n) is 2.90. The summed E-state index contributed by atoms with van der Waals surface area (Å²) < 4.78 is 5.23. The summed E-state index contributed by atoms with van der Waals surface area (Å²) in [6.45, 7) is 2.08. The normalized spacial score (nSPS) is 13.0. The maximum atomic E-state index is 5.23. The third-order valence-corrected chi connectivity index (χ3v) is 4.35. The fourth-order valence-corrected chi connectivity index (χ4v) is 2.90. The highest BCUT2D eigenvalue weighted by Crippen LogP contribution is 2.26. The lowest BCUT2D eigenvalue weighted by molar-refractivity contribution is 0.415. The number of hydrogen-bond donors (Lipinski definition) is 1. The van der Waals surface area contributed by atoms with E-state index < -0.39 is 0 Å². The van der Waals surface area contributed by atoms with E-state index in [1.54, 1.807) is 7.11 Å². The summed E-state index contributed by atoms with van der Waals surface area (Å²) in [4.78, 5) is 4.81. The fraction of sp³-hybridized carbons (Fsp3) is 0.0909. The van der Waals surface area contributed by atoms with Gasteiger partial charge < -0.3 is 4.74 Å². The highest BCUT2D eigenvalue weighted by molar-refractivity contribution is 6.17. The molecule has 1 aliphatic rings. The maximum Gasteiger partial charge on any atom is 0.154 e. The van der Waals surface area contributed by atoms with Crippen molar-refractivity contribution in [3.63, 3.8) is 0 Å². The van der Waals surface area contributed by atoms with Gasteiger partial charge in [-0.25, -0.2) is 4.99 Å². The minimum Gasteiger partial charge on any atom is -0.497 e. The van der Waals surface area contributed by atoms with Crippen molar-refractivity contribution in [3.8, 4) is 5.75 Å². The van der Waals surface area contributed by atoms with Crippen LogP contribution < -0.4 is 10.2 Å². The number of rotatable bonds is 3. The van der Waals surface area contributed by atoms with Gasteiger partial charge in [-0.3, -0.25) is 5.43 Å². The molecule has 0 bridgehead atoms. The number of methoxy groups -OCH3 is 1. The summed E-state index contributed by atoms with van der Waals surface area (Å²) in [5, 5.41) is 4.67. The lowest BCUT2D eigenvalue weighted by Gasteiger charge is -2.07. The third kappa shape index (κ3) is 3.09. The van der Waals surface area contributed by atoms with Crippen molar-refractivity contribution >= 4 is 17.2 Å². The second kappa shape index (κ2) is 6.84. The Balaban J connectivity index is 1.79. The Morgan fingerprint density at radius 3 is 2.23 bits per heavy atom. The van der Waals surface area contributed by atoms with Crippen molar-refractivity contribution in [3.05, 3.63) is 95.1 Å².